The van der Waals surface area contributed by atoms with Gasteiger partial charge in [0.25, 0.3) is 0 Å². The second kappa shape index (κ2) is 6.73. The molecule has 22 heavy (non-hydrogen) atoms. The first kappa shape index (κ1) is 15.4. The van der Waals surface area contributed by atoms with Crippen LogP contribution in [0.5, 0.6) is 0 Å². The monoisotopic (exact) mass is 318 g/mol. The van der Waals surface area contributed by atoms with Crippen LogP contribution >= 0.6 is 11.8 Å². The molecular weight excluding hydrogens is 296 g/mol. The van der Waals surface area contributed by atoms with E-state index in [9.17, 15) is 9.59 Å². The van der Waals surface area contributed by atoms with Crippen LogP contribution in [0.15, 0.2) is 29.2 Å². The van der Waals surface area contributed by atoms with Crippen molar-refractivity contribution in [2.45, 2.75) is 30.6 Å². The smallest absolute Gasteiger partial charge is 0.231 e. The predicted octanol–water partition coefficient (Wildman–Crippen LogP) is 2.35. The highest BCUT2D eigenvalue weighted by molar-refractivity contribution is 7.99. The van der Waals surface area contributed by atoms with Gasteiger partial charge in [-0.1, -0.05) is 25.1 Å². The third kappa shape index (κ3) is 3.00. The number of thioether (sulfide) groups is 1. The average molecular weight is 318 g/mol. The van der Waals surface area contributed by atoms with Crippen LogP contribution in [-0.2, 0) is 9.59 Å². The molecule has 0 spiro atoms. The molecular formula is C17H22N2O2S. The zero-order valence-corrected chi connectivity index (χ0v) is 13.8. The van der Waals surface area contributed by atoms with Crippen molar-refractivity contribution in [2.24, 2.45) is 0 Å². The van der Waals surface area contributed by atoms with Crippen LogP contribution < -0.4 is 0 Å². The topological polar surface area (TPSA) is 40.6 Å². The van der Waals surface area contributed by atoms with Gasteiger partial charge < -0.3 is 9.80 Å². The minimum absolute atomic E-state index is 0.0189. The van der Waals surface area contributed by atoms with Gasteiger partial charge >= 0.3 is 0 Å². The fraction of sp³-hybridized carbons (Fsp3) is 0.529. The van der Waals surface area contributed by atoms with E-state index in [-0.39, 0.29) is 17.7 Å². The molecule has 1 aromatic carbocycles. The van der Waals surface area contributed by atoms with E-state index in [0.29, 0.717) is 19.5 Å². The summed E-state index contributed by atoms with van der Waals surface area (Å²) in [6.07, 6.45) is 1.42. The molecule has 0 radical (unpaired) electrons. The van der Waals surface area contributed by atoms with Gasteiger partial charge in [0.2, 0.25) is 11.8 Å². The van der Waals surface area contributed by atoms with Gasteiger partial charge in [0.15, 0.2) is 0 Å². The second-order valence-corrected chi connectivity index (χ2v) is 6.88. The summed E-state index contributed by atoms with van der Waals surface area (Å²) in [7, 11) is 0. The normalized spacial score (nSPS) is 21.4. The number of hydrogen-bond donors (Lipinski definition) is 0. The van der Waals surface area contributed by atoms with Crippen molar-refractivity contribution in [1.82, 2.24) is 9.80 Å². The maximum Gasteiger partial charge on any atom is 0.231 e. The van der Waals surface area contributed by atoms with E-state index < -0.39 is 0 Å². The van der Waals surface area contributed by atoms with Gasteiger partial charge in [0, 0.05) is 43.2 Å². The number of carbonyl (C=O) groups is 2. The summed E-state index contributed by atoms with van der Waals surface area (Å²) in [5.74, 6) is 1.24. The molecule has 0 aliphatic carbocycles. The Bertz CT molecular complexity index is 576. The van der Waals surface area contributed by atoms with Crippen LogP contribution in [0, 0.1) is 0 Å². The van der Waals surface area contributed by atoms with Crippen LogP contribution in [0.25, 0.3) is 0 Å². The quantitative estimate of drug-likeness (QED) is 0.840. The van der Waals surface area contributed by atoms with Gasteiger partial charge in [-0.2, -0.15) is 0 Å². The predicted molar refractivity (Wildman–Crippen MR) is 88.0 cm³/mol. The Kier molecular flexibility index (Phi) is 4.71. The largest absolute Gasteiger partial charge is 0.341 e. The number of hydrogen-bond acceptors (Lipinski definition) is 3. The van der Waals surface area contributed by atoms with E-state index >= 15 is 0 Å². The molecule has 1 fully saturated rings. The van der Waals surface area contributed by atoms with Crippen LogP contribution in [0.4, 0.5) is 0 Å². The van der Waals surface area contributed by atoms with Gasteiger partial charge in [-0.25, -0.2) is 0 Å². The van der Waals surface area contributed by atoms with Gasteiger partial charge in [-0.05, 0) is 18.1 Å². The fourth-order valence-electron chi connectivity index (χ4n) is 3.20. The van der Waals surface area contributed by atoms with Crippen LogP contribution in [-0.4, -0.2) is 53.5 Å². The molecule has 1 atom stereocenters. The number of benzene rings is 1. The van der Waals surface area contributed by atoms with E-state index in [1.165, 1.54) is 10.5 Å². The molecule has 2 amide bonds. The van der Waals surface area contributed by atoms with Crippen LogP contribution in [0.1, 0.15) is 31.2 Å². The highest BCUT2D eigenvalue weighted by Crippen LogP contribution is 2.40. The van der Waals surface area contributed by atoms with Crippen LogP contribution in [0.2, 0.25) is 0 Å². The van der Waals surface area contributed by atoms with Gasteiger partial charge in [-0.3, -0.25) is 9.59 Å². The third-order valence-electron chi connectivity index (χ3n) is 4.46. The van der Waals surface area contributed by atoms with E-state index in [1.54, 1.807) is 11.8 Å². The lowest BCUT2D eigenvalue weighted by Gasteiger charge is -2.24. The molecule has 1 unspecified atom stereocenters. The fourth-order valence-corrected chi connectivity index (χ4v) is 4.42. The molecule has 118 valence electrons. The first-order valence-corrected chi connectivity index (χ1v) is 8.97. The van der Waals surface area contributed by atoms with Crippen molar-refractivity contribution in [3.05, 3.63) is 29.8 Å². The average Bonchev–Trinajstić information content (AvgIpc) is 2.82. The summed E-state index contributed by atoms with van der Waals surface area (Å²) in [6.45, 7) is 4.75. The molecule has 3 rings (SSSR count). The summed E-state index contributed by atoms with van der Waals surface area (Å²) >= 11 is 1.77. The number of carbonyl (C=O) groups excluding carboxylic acids is 2. The first-order valence-electron chi connectivity index (χ1n) is 7.99. The van der Waals surface area contributed by atoms with E-state index in [1.807, 2.05) is 28.9 Å². The van der Waals surface area contributed by atoms with Crippen molar-refractivity contribution < 1.29 is 9.59 Å². The van der Waals surface area contributed by atoms with Gasteiger partial charge in [0.1, 0.15) is 0 Å². The summed E-state index contributed by atoms with van der Waals surface area (Å²) in [5.41, 5.74) is 1.17. The Balaban J connectivity index is 1.68. The van der Waals surface area contributed by atoms with Gasteiger partial charge in [0.05, 0.1) is 5.92 Å². The third-order valence-corrected chi connectivity index (χ3v) is 5.64. The molecule has 1 saturated heterocycles. The Morgan fingerprint density at radius 2 is 1.86 bits per heavy atom. The molecule has 2 heterocycles. The standard InChI is InChI=1S/C17H22N2O2S/c1-2-16(20)18-8-5-9-19(11-10-18)17(21)14-12-22-15-7-4-3-6-13(14)15/h3-4,6-7,14H,2,5,8-12H2,1H3. The highest BCUT2D eigenvalue weighted by atomic mass is 32.2. The number of amides is 2. The summed E-state index contributed by atoms with van der Waals surface area (Å²) in [5, 5.41) is 0. The van der Waals surface area contributed by atoms with E-state index in [2.05, 4.69) is 12.1 Å². The van der Waals surface area contributed by atoms with E-state index in [4.69, 9.17) is 0 Å². The first-order chi connectivity index (χ1) is 10.7. The number of fused-ring (bicyclic) bond motifs is 1. The zero-order valence-electron chi connectivity index (χ0n) is 13.0. The maximum absolute atomic E-state index is 12.9. The molecule has 0 bridgehead atoms. The Morgan fingerprint density at radius 1 is 1.14 bits per heavy atom. The Labute approximate surface area is 135 Å². The summed E-state index contributed by atoms with van der Waals surface area (Å²) in [6, 6.07) is 8.20. The van der Waals surface area contributed by atoms with Crippen molar-refractivity contribution in [1.29, 1.82) is 0 Å². The molecule has 0 aromatic heterocycles. The van der Waals surface area contributed by atoms with Gasteiger partial charge in [-0.15, -0.1) is 11.8 Å². The molecule has 2 aliphatic rings. The molecule has 0 N–H and O–H groups in total. The molecule has 5 heteroatoms. The summed E-state index contributed by atoms with van der Waals surface area (Å²) < 4.78 is 0. The molecule has 2 aliphatic heterocycles. The highest BCUT2D eigenvalue weighted by Gasteiger charge is 2.33. The minimum atomic E-state index is -0.0189. The van der Waals surface area contributed by atoms with Crippen molar-refractivity contribution in [3.8, 4) is 0 Å². The molecule has 0 saturated carbocycles. The molecule has 4 nitrogen and oxygen atoms in total. The Hall–Kier alpha value is -1.49. The molecule has 1 aromatic rings. The van der Waals surface area contributed by atoms with Crippen molar-refractivity contribution >= 4 is 23.6 Å². The maximum atomic E-state index is 12.9. The zero-order chi connectivity index (χ0) is 15.5. The lowest BCUT2D eigenvalue weighted by molar-refractivity contribution is -0.134. The lowest BCUT2D eigenvalue weighted by atomic mass is 10.00. The van der Waals surface area contributed by atoms with E-state index in [0.717, 1.165) is 25.3 Å². The second-order valence-electron chi connectivity index (χ2n) is 5.81. The number of rotatable bonds is 2. The summed E-state index contributed by atoms with van der Waals surface area (Å²) in [4.78, 5) is 29.8. The van der Waals surface area contributed by atoms with Crippen molar-refractivity contribution in [2.75, 3.05) is 31.9 Å². The minimum Gasteiger partial charge on any atom is -0.341 e. The van der Waals surface area contributed by atoms with Crippen molar-refractivity contribution in [3.63, 3.8) is 0 Å². The lowest BCUT2D eigenvalue weighted by Crippen LogP contribution is -2.39. The SMILES string of the molecule is CCC(=O)N1CCCN(C(=O)C2CSc3ccccc32)CC1. The van der Waals surface area contributed by atoms with Crippen LogP contribution in [0.3, 0.4) is 0 Å². The Morgan fingerprint density at radius 3 is 2.68 bits per heavy atom. The number of nitrogens with zero attached hydrogens (tertiary/aromatic N) is 2.